The standard InChI is InChI=1S/C17H21N3S.HI/c1-2-18-17(19-10-13-7-8-21-12-13)20-11-15-9-14-5-3-4-6-16(14)15;/h3-8,12,15H,2,9-11H2,1H3,(H2,18,19,20);1H. The first-order valence-electron chi connectivity index (χ1n) is 7.48. The van der Waals surface area contributed by atoms with Gasteiger partial charge in [0.2, 0.25) is 0 Å². The normalized spacial score (nSPS) is 16.2. The van der Waals surface area contributed by atoms with Crippen LogP contribution >= 0.6 is 35.3 Å². The number of guanidine groups is 1. The highest BCUT2D eigenvalue weighted by molar-refractivity contribution is 14.0. The number of aliphatic imine (C=N–C) groups is 1. The molecular weight excluding hydrogens is 405 g/mol. The summed E-state index contributed by atoms with van der Waals surface area (Å²) in [5, 5.41) is 11.0. The molecule has 1 unspecified atom stereocenters. The van der Waals surface area contributed by atoms with E-state index in [1.54, 1.807) is 11.3 Å². The zero-order valence-corrected chi connectivity index (χ0v) is 15.9. The van der Waals surface area contributed by atoms with E-state index in [1.165, 1.54) is 23.1 Å². The summed E-state index contributed by atoms with van der Waals surface area (Å²) in [5.41, 5.74) is 4.24. The Kier molecular flexibility index (Phi) is 6.70. The van der Waals surface area contributed by atoms with Crippen molar-refractivity contribution in [1.82, 2.24) is 10.6 Å². The molecule has 0 saturated heterocycles. The molecule has 0 fully saturated rings. The molecular formula is C17H22IN3S. The van der Waals surface area contributed by atoms with Crippen LogP contribution < -0.4 is 10.6 Å². The van der Waals surface area contributed by atoms with E-state index in [4.69, 9.17) is 0 Å². The van der Waals surface area contributed by atoms with Gasteiger partial charge in [-0.2, -0.15) is 11.3 Å². The highest BCUT2D eigenvalue weighted by Crippen LogP contribution is 2.33. The lowest BCUT2D eigenvalue weighted by Crippen LogP contribution is -2.41. The van der Waals surface area contributed by atoms with E-state index in [9.17, 15) is 0 Å². The maximum Gasteiger partial charge on any atom is 0.191 e. The summed E-state index contributed by atoms with van der Waals surface area (Å²) in [7, 11) is 0. The summed E-state index contributed by atoms with van der Waals surface area (Å²) < 4.78 is 0. The van der Waals surface area contributed by atoms with Gasteiger partial charge in [0, 0.05) is 19.0 Å². The number of nitrogens with one attached hydrogen (secondary N) is 2. The Labute approximate surface area is 153 Å². The van der Waals surface area contributed by atoms with Crippen molar-refractivity contribution >= 4 is 41.3 Å². The predicted molar refractivity (Wildman–Crippen MR) is 105 cm³/mol. The molecule has 5 heteroatoms. The lowest BCUT2D eigenvalue weighted by molar-refractivity contribution is 0.584. The number of rotatable bonds is 5. The van der Waals surface area contributed by atoms with Gasteiger partial charge in [-0.3, -0.25) is 0 Å². The molecule has 2 N–H and O–H groups in total. The van der Waals surface area contributed by atoms with Crippen molar-refractivity contribution in [2.45, 2.75) is 25.8 Å². The van der Waals surface area contributed by atoms with Crippen molar-refractivity contribution < 1.29 is 0 Å². The zero-order chi connectivity index (χ0) is 14.5. The number of hydrogen-bond acceptors (Lipinski definition) is 2. The lowest BCUT2D eigenvalue weighted by atomic mass is 9.78. The summed E-state index contributed by atoms with van der Waals surface area (Å²) in [5.74, 6) is 1.53. The molecule has 1 aliphatic carbocycles. The maximum atomic E-state index is 4.64. The molecule has 1 atom stereocenters. The van der Waals surface area contributed by atoms with E-state index < -0.39 is 0 Å². The minimum Gasteiger partial charge on any atom is -0.357 e. The largest absolute Gasteiger partial charge is 0.357 e. The molecule has 1 heterocycles. The van der Waals surface area contributed by atoms with E-state index in [2.05, 4.69) is 63.6 Å². The van der Waals surface area contributed by atoms with Crippen LogP contribution in [0.2, 0.25) is 0 Å². The highest BCUT2D eigenvalue weighted by Gasteiger charge is 2.25. The number of hydrogen-bond donors (Lipinski definition) is 2. The van der Waals surface area contributed by atoms with E-state index in [0.717, 1.165) is 25.6 Å². The van der Waals surface area contributed by atoms with E-state index >= 15 is 0 Å². The van der Waals surface area contributed by atoms with Crippen LogP contribution in [0, 0.1) is 0 Å². The van der Waals surface area contributed by atoms with Gasteiger partial charge in [0.15, 0.2) is 5.96 Å². The summed E-state index contributed by atoms with van der Waals surface area (Å²) in [6, 6.07) is 10.8. The number of thiophene rings is 1. The van der Waals surface area contributed by atoms with E-state index in [-0.39, 0.29) is 24.0 Å². The summed E-state index contributed by atoms with van der Waals surface area (Å²) in [6.45, 7) is 4.67. The van der Waals surface area contributed by atoms with Gasteiger partial charge in [0.25, 0.3) is 0 Å². The Morgan fingerprint density at radius 2 is 2.14 bits per heavy atom. The van der Waals surface area contributed by atoms with Gasteiger partial charge >= 0.3 is 0 Å². The van der Waals surface area contributed by atoms with Gasteiger partial charge in [-0.25, -0.2) is 4.99 Å². The molecule has 0 aliphatic heterocycles. The number of nitrogens with zero attached hydrogens (tertiary/aromatic N) is 1. The molecule has 0 bridgehead atoms. The number of fused-ring (bicyclic) bond motifs is 1. The molecule has 0 spiro atoms. The van der Waals surface area contributed by atoms with Crippen molar-refractivity contribution in [3.63, 3.8) is 0 Å². The molecule has 118 valence electrons. The quantitative estimate of drug-likeness (QED) is 0.433. The van der Waals surface area contributed by atoms with Crippen molar-refractivity contribution in [3.8, 4) is 0 Å². The Hall–Kier alpha value is -1.08. The second kappa shape index (κ2) is 8.53. The van der Waals surface area contributed by atoms with Crippen molar-refractivity contribution in [2.24, 2.45) is 4.99 Å². The fraction of sp³-hybridized carbons (Fsp3) is 0.353. The minimum atomic E-state index is 0. The molecule has 0 saturated carbocycles. The third kappa shape index (κ3) is 4.23. The van der Waals surface area contributed by atoms with Crippen LogP contribution in [0.5, 0.6) is 0 Å². The first-order valence-corrected chi connectivity index (χ1v) is 8.42. The molecule has 1 aromatic heterocycles. The second-order valence-corrected chi connectivity index (χ2v) is 6.09. The third-order valence-electron chi connectivity index (χ3n) is 3.82. The Bertz CT molecular complexity index is 610. The van der Waals surface area contributed by atoms with Crippen LogP contribution in [0.4, 0.5) is 0 Å². The van der Waals surface area contributed by atoms with Crippen LogP contribution in [-0.2, 0) is 13.0 Å². The molecule has 0 amide bonds. The van der Waals surface area contributed by atoms with Gasteiger partial charge in [-0.05, 0) is 46.9 Å². The van der Waals surface area contributed by atoms with E-state index in [0.29, 0.717) is 5.92 Å². The fourth-order valence-corrected chi connectivity index (χ4v) is 3.32. The first kappa shape index (κ1) is 17.3. The molecule has 22 heavy (non-hydrogen) atoms. The first-order chi connectivity index (χ1) is 10.4. The van der Waals surface area contributed by atoms with Crippen LogP contribution in [0.15, 0.2) is 46.1 Å². The van der Waals surface area contributed by atoms with Crippen LogP contribution in [0.3, 0.4) is 0 Å². The monoisotopic (exact) mass is 427 g/mol. The number of halogens is 1. The molecule has 0 radical (unpaired) electrons. The Balaban J connectivity index is 0.00000176. The van der Waals surface area contributed by atoms with Gasteiger partial charge in [0.05, 0.1) is 6.54 Å². The van der Waals surface area contributed by atoms with Crippen molar-refractivity contribution in [3.05, 3.63) is 57.8 Å². The van der Waals surface area contributed by atoms with Crippen LogP contribution in [0.25, 0.3) is 0 Å². The zero-order valence-electron chi connectivity index (χ0n) is 12.7. The van der Waals surface area contributed by atoms with Crippen molar-refractivity contribution in [1.29, 1.82) is 0 Å². The smallest absolute Gasteiger partial charge is 0.191 e. The van der Waals surface area contributed by atoms with Crippen LogP contribution in [0.1, 0.15) is 29.5 Å². The van der Waals surface area contributed by atoms with E-state index in [1.807, 2.05) is 0 Å². The fourth-order valence-electron chi connectivity index (χ4n) is 2.66. The van der Waals surface area contributed by atoms with Crippen LogP contribution in [-0.4, -0.2) is 19.0 Å². The van der Waals surface area contributed by atoms with Gasteiger partial charge in [-0.15, -0.1) is 24.0 Å². The van der Waals surface area contributed by atoms with Gasteiger partial charge in [-0.1, -0.05) is 24.3 Å². The van der Waals surface area contributed by atoms with Crippen molar-refractivity contribution in [2.75, 3.05) is 13.1 Å². The van der Waals surface area contributed by atoms with Gasteiger partial charge in [0.1, 0.15) is 0 Å². The molecule has 2 aromatic rings. The minimum absolute atomic E-state index is 0. The SMILES string of the molecule is CCNC(=NCc1ccsc1)NCC1Cc2ccccc21.I. The maximum absolute atomic E-state index is 4.64. The lowest BCUT2D eigenvalue weighted by Gasteiger charge is -2.30. The summed E-state index contributed by atoms with van der Waals surface area (Å²) in [6.07, 6.45) is 1.17. The number of benzene rings is 1. The second-order valence-electron chi connectivity index (χ2n) is 5.31. The highest BCUT2D eigenvalue weighted by atomic mass is 127. The third-order valence-corrected chi connectivity index (χ3v) is 4.55. The summed E-state index contributed by atoms with van der Waals surface area (Å²) >= 11 is 1.72. The summed E-state index contributed by atoms with van der Waals surface area (Å²) in [4.78, 5) is 4.64. The average Bonchev–Trinajstić information content (AvgIpc) is 2.99. The molecule has 3 rings (SSSR count). The Morgan fingerprint density at radius 3 is 2.86 bits per heavy atom. The predicted octanol–water partition coefficient (Wildman–Crippen LogP) is 3.76. The topological polar surface area (TPSA) is 36.4 Å². The average molecular weight is 427 g/mol. The molecule has 1 aromatic carbocycles. The molecule has 3 nitrogen and oxygen atoms in total. The molecule has 1 aliphatic rings. The van der Waals surface area contributed by atoms with Gasteiger partial charge < -0.3 is 10.6 Å². The Morgan fingerprint density at radius 1 is 1.27 bits per heavy atom.